The van der Waals surface area contributed by atoms with E-state index in [1.165, 1.54) is 29.0 Å². The third kappa shape index (κ3) is 5.00. The van der Waals surface area contributed by atoms with E-state index in [4.69, 9.17) is 14.5 Å². The van der Waals surface area contributed by atoms with E-state index in [1.807, 2.05) is 18.2 Å². The molecule has 0 radical (unpaired) electrons. The van der Waals surface area contributed by atoms with Gasteiger partial charge in [0.05, 0.1) is 28.9 Å². The Morgan fingerprint density at radius 3 is 2.40 bits per heavy atom. The average molecular weight is 589 g/mol. The Balaban J connectivity index is 1.25. The van der Waals surface area contributed by atoms with E-state index in [2.05, 4.69) is 12.1 Å². The van der Waals surface area contributed by atoms with Gasteiger partial charge in [-0.3, -0.25) is 9.36 Å². The van der Waals surface area contributed by atoms with Crippen molar-refractivity contribution in [1.29, 1.82) is 0 Å². The molecule has 7 rings (SSSR count). The van der Waals surface area contributed by atoms with Crippen molar-refractivity contribution in [2.24, 2.45) is 4.99 Å². The van der Waals surface area contributed by atoms with Crippen LogP contribution < -0.4 is 24.4 Å². The summed E-state index contributed by atoms with van der Waals surface area (Å²) in [5.74, 6) is 0.245. The molecule has 0 N–H and O–H groups in total. The molecule has 0 spiro atoms. The first-order valence-electron chi connectivity index (χ1n) is 13.8. The number of carbonyl (C=O) groups is 1. The predicted octanol–water partition coefficient (Wildman–Crippen LogP) is 5.69. The number of aryl methyl sites for hydroxylation is 1. The smallest absolute Gasteiger partial charge is 0.343 e. The number of halogens is 1. The van der Waals surface area contributed by atoms with Gasteiger partial charge in [-0.1, -0.05) is 59.9 Å². The van der Waals surface area contributed by atoms with Gasteiger partial charge in [-0.05, 0) is 89.7 Å². The lowest BCUT2D eigenvalue weighted by molar-refractivity contribution is 0.0734. The highest BCUT2D eigenvalue weighted by atomic mass is 32.1. The normalized spacial score (nSPS) is 15.7. The van der Waals surface area contributed by atoms with Crippen LogP contribution in [0.1, 0.15) is 45.1 Å². The fourth-order valence-corrected chi connectivity index (χ4v) is 6.64. The van der Waals surface area contributed by atoms with Gasteiger partial charge in [-0.25, -0.2) is 14.2 Å². The molecule has 1 atom stereocenters. The number of fused-ring (bicyclic) bond motifs is 3. The Bertz CT molecular complexity index is 2080. The van der Waals surface area contributed by atoms with E-state index < -0.39 is 5.97 Å². The zero-order chi connectivity index (χ0) is 29.5. The van der Waals surface area contributed by atoms with Gasteiger partial charge >= 0.3 is 5.97 Å². The van der Waals surface area contributed by atoms with E-state index in [1.54, 1.807) is 72.3 Å². The minimum absolute atomic E-state index is 0.154. The number of hydrogen-bond donors (Lipinski definition) is 0. The van der Waals surface area contributed by atoms with Gasteiger partial charge in [-0.2, -0.15) is 0 Å². The third-order valence-electron chi connectivity index (χ3n) is 7.77. The van der Waals surface area contributed by atoms with E-state index >= 15 is 0 Å². The van der Waals surface area contributed by atoms with Crippen LogP contribution in [0.5, 0.6) is 11.5 Å². The molecule has 0 saturated heterocycles. The van der Waals surface area contributed by atoms with Crippen molar-refractivity contribution in [3.8, 4) is 11.5 Å². The lowest BCUT2D eigenvalue weighted by Gasteiger charge is -2.30. The molecule has 0 amide bonds. The number of nitrogens with zero attached hydrogens (tertiary/aromatic N) is 2. The molecular weight excluding hydrogens is 563 g/mol. The highest BCUT2D eigenvalue weighted by Crippen LogP contribution is 2.41. The Hall–Kier alpha value is -5.08. The summed E-state index contributed by atoms with van der Waals surface area (Å²) in [7, 11) is 1.56. The largest absolute Gasteiger partial charge is 0.497 e. The van der Waals surface area contributed by atoms with Crippen LogP contribution in [-0.2, 0) is 6.42 Å². The van der Waals surface area contributed by atoms with Gasteiger partial charge < -0.3 is 9.47 Å². The van der Waals surface area contributed by atoms with Crippen LogP contribution in [-0.4, -0.2) is 17.6 Å². The second kappa shape index (κ2) is 11.0. The fraction of sp³-hybridized carbons (Fsp3) is 0.114. The number of rotatable bonds is 5. The Labute approximate surface area is 250 Å². The van der Waals surface area contributed by atoms with E-state index in [9.17, 15) is 14.0 Å². The van der Waals surface area contributed by atoms with Crippen LogP contribution in [0.25, 0.3) is 11.8 Å². The lowest BCUT2D eigenvalue weighted by Crippen LogP contribution is -2.38. The number of ether oxygens (including phenoxy) is 2. The van der Waals surface area contributed by atoms with Crippen LogP contribution in [0.3, 0.4) is 0 Å². The minimum Gasteiger partial charge on any atom is -0.497 e. The monoisotopic (exact) mass is 588 g/mol. The number of benzene rings is 4. The number of carbonyl (C=O) groups excluding carboxylic acids is 1. The second-order valence-corrected chi connectivity index (χ2v) is 11.4. The molecule has 2 aliphatic rings. The average Bonchev–Trinajstić information content (AvgIpc) is 3.35. The summed E-state index contributed by atoms with van der Waals surface area (Å²) in [6.07, 6.45) is 3.43. The highest BCUT2D eigenvalue weighted by molar-refractivity contribution is 7.07. The van der Waals surface area contributed by atoms with Crippen molar-refractivity contribution < 1.29 is 18.7 Å². The summed E-state index contributed by atoms with van der Waals surface area (Å²) >= 11 is 1.33. The molecule has 4 aromatic carbocycles. The number of thiazole rings is 1. The standard InChI is InChI=1S/C35H25FN2O4S/c1-41-26-17-10-24(11-18-26)34(40)42-27-15-6-21(7-16-27)20-30-33(39)38-32(23-8-13-25(36)14-9-23)29-19-12-22-4-2-3-5-28(22)31(29)37-35(38)43-30/h2-11,13-18,20,32H,12,19H2,1H3/b30-20+/t32-/m0/s1. The molecule has 43 heavy (non-hydrogen) atoms. The summed E-state index contributed by atoms with van der Waals surface area (Å²) in [5, 5.41) is 0. The van der Waals surface area contributed by atoms with Crippen molar-refractivity contribution in [1.82, 2.24) is 4.57 Å². The summed E-state index contributed by atoms with van der Waals surface area (Å²) in [4.78, 5) is 32.1. The van der Waals surface area contributed by atoms with Crippen LogP contribution in [0.15, 0.2) is 112 Å². The number of methoxy groups -OCH3 is 1. The number of aromatic nitrogens is 1. The van der Waals surface area contributed by atoms with E-state index in [0.29, 0.717) is 26.4 Å². The molecule has 1 aliphatic carbocycles. The van der Waals surface area contributed by atoms with E-state index in [-0.39, 0.29) is 17.4 Å². The Morgan fingerprint density at radius 2 is 1.65 bits per heavy atom. The van der Waals surface area contributed by atoms with Crippen molar-refractivity contribution in [2.45, 2.75) is 18.9 Å². The highest BCUT2D eigenvalue weighted by Gasteiger charge is 2.32. The summed E-state index contributed by atoms with van der Waals surface area (Å²) in [5.41, 5.74) is 6.15. The number of allylic oxidation sites excluding steroid dienone is 1. The summed E-state index contributed by atoms with van der Waals surface area (Å²) in [6.45, 7) is 0. The Morgan fingerprint density at radius 1 is 0.930 bits per heavy atom. The first kappa shape index (κ1) is 26.8. The van der Waals surface area contributed by atoms with Crippen LogP contribution in [0.4, 0.5) is 4.39 Å². The minimum atomic E-state index is -0.477. The van der Waals surface area contributed by atoms with Gasteiger partial charge in [0.1, 0.15) is 17.3 Å². The van der Waals surface area contributed by atoms with Gasteiger partial charge in [0.2, 0.25) is 0 Å². The number of hydrogen-bond acceptors (Lipinski definition) is 6. The first-order valence-corrected chi connectivity index (χ1v) is 14.6. The lowest BCUT2D eigenvalue weighted by atomic mass is 9.83. The topological polar surface area (TPSA) is 69.9 Å². The molecule has 8 heteroatoms. The van der Waals surface area contributed by atoms with Gasteiger partial charge in [0.15, 0.2) is 4.80 Å². The second-order valence-electron chi connectivity index (χ2n) is 10.4. The maximum Gasteiger partial charge on any atom is 0.343 e. The van der Waals surface area contributed by atoms with Gasteiger partial charge in [0.25, 0.3) is 5.56 Å². The first-order chi connectivity index (χ1) is 21.0. The van der Waals surface area contributed by atoms with E-state index in [0.717, 1.165) is 40.8 Å². The molecule has 0 bridgehead atoms. The zero-order valence-corrected chi connectivity index (χ0v) is 23.9. The van der Waals surface area contributed by atoms with Crippen LogP contribution in [0.2, 0.25) is 0 Å². The predicted molar refractivity (Wildman–Crippen MR) is 164 cm³/mol. The zero-order valence-electron chi connectivity index (χ0n) is 23.1. The Kier molecular flexibility index (Phi) is 6.83. The van der Waals surface area contributed by atoms with Crippen molar-refractivity contribution in [3.63, 3.8) is 0 Å². The molecule has 1 aromatic heterocycles. The van der Waals surface area contributed by atoms with Crippen molar-refractivity contribution in [2.75, 3.05) is 7.11 Å². The fourth-order valence-electron chi connectivity index (χ4n) is 5.64. The molecule has 0 saturated carbocycles. The molecule has 6 nitrogen and oxygen atoms in total. The maximum absolute atomic E-state index is 13.9. The summed E-state index contributed by atoms with van der Waals surface area (Å²) in [6, 6.07) is 27.9. The van der Waals surface area contributed by atoms with Crippen LogP contribution >= 0.6 is 11.3 Å². The third-order valence-corrected chi connectivity index (χ3v) is 8.76. The molecular formula is C35H25FN2O4S. The molecule has 5 aromatic rings. The summed E-state index contributed by atoms with van der Waals surface area (Å²) < 4.78 is 26.8. The molecule has 0 unspecified atom stereocenters. The number of esters is 1. The molecule has 212 valence electrons. The molecule has 1 aliphatic heterocycles. The van der Waals surface area contributed by atoms with Crippen molar-refractivity contribution in [3.05, 3.63) is 156 Å². The quantitative estimate of drug-likeness (QED) is 0.196. The van der Waals surface area contributed by atoms with Crippen LogP contribution in [0, 0.1) is 5.82 Å². The van der Waals surface area contributed by atoms with Gasteiger partial charge in [-0.15, -0.1) is 0 Å². The maximum atomic E-state index is 13.9. The SMILES string of the molecule is COc1ccc(C(=O)Oc2ccc(/C=c3/sc4n(c3=O)[C@@H](c3ccc(F)cc3)C3=C(N=4)c4ccccc4CC3)cc2)cc1. The molecule has 0 fully saturated rings. The molecule has 2 heterocycles. The van der Waals surface area contributed by atoms with Crippen molar-refractivity contribution >= 4 is 29.1 Å². The van der Waals surface area contributed by atoms with Gasteiger partial charge in [0, 0.05) is 5.56 Å².